The van der Waals surface area contributed by atoms with Crippen molar-refractivity contribution in [2.24, 2.45) is 0 Å². The second-order valence-electron chi connectivity index (χ2n) is 6.95. The van der Waals surface area contributed by atoms with Gasteiger partial charge in [-0.05, 0) is 37.3 Å². The number of carbonyl (C=O) groups excluding carboxylic acids is 1. The molecule has 30 heavy (non-hydrogen) atoms. The maximum absolute atomic E-state index is 13.6. The molecule has 0 aliphatic heterocycles. The molecular weight excluding hydrogens is 389 g/mol. The third-order valence-electron chi connectivity index (χ3n) is 4.95. The van der Waals surface area contributed by atoms with E-state index in [1.54, 1.807) is 31.2 Å². The van der Waals surface area contributed by atoms with Crippen LogP contribution in [0, 0.1) is 12.7 Å². The first-order valence-electron chi connectivity index (χ1n) is 9.42. The number of ether oxygens (including phenoxy) is 1. The van der Waals surface area contributed by atoms with Gasteiger partial charge in [0.25, 0.3) is 11.5 Å². The molecule has 0 fully saturated rings. The number of nitrogens with one attached hydrogen (secondary N) is 1. The largest absolute Gasteiger partial charge is 0.451 e. The Kier molecular flexibility index (Phi) is 5.33. The van der Waals surface area contributed by atoms with Gasteiger partial charge in [0, 0.05) is 24.6 Å². The van der Waals surface area contributed by atoms with Crippen molar-refractivity contribution in [1.82, 2.24) is 14.9 Å². The molecule has 7 nitrogen and oxygen atoms in total. The maximum atomic E-state index is 13.6. The minimum Gasteiger partial charge on any atom is -0.451 e. The van der Waals surface area contributed by atoms with Gasteiger partial charge in [-0.15, -0.1) is 0 Å². The summed E-state index contributed by atoms with van der Waals surface area (Å²) in [6.07, 6.45) is 0. The van der Waals surface area contributed by atoms with Crippen molar-refractivity contribution in [3.8, 4) is 0 Å². The highest BCUT2D eigenvalue weighted by atomic mass is 19.1. The van der Waals surface area contributed by atoms with Gasteiger partial charge in [0.2, 0.25) is 0 Å². The van der Waals surface area contributed by atoms with Gasteiger partial charge in [0.1, 0.15) is 17.2 Å². The fourth-order valence-electron chi connectivity index (χ4n) is 3.39. The number of methoxy groups -OCH3 is 1. The zero-order valence-electron chi connectivity index (χ0n) is 16.6. The number of hydrogen-bond acceptors (Lipinski definition) is 5. The van der Waals surface area contributed by atoms with Gasteiger partial charge < -0.3 is 19.0 Å². The molecule has 0 bridgehead atoms. The Morgan fingerprint density at radius 3 is 2.83 bits per heavy atom. The van der Waals surface area contributed by atoms with E-state index in [2.05, 4.69) is 9.97 Å². The number of aromatic amines is 1. The molecule has 0 aliphatic rings. The molecule has 154 valence electrons. The van der Waals surface area contributed by atoms with Crippen molar-refractivity contribution in [2.75, 3.05) is 20.3 Å². The number of amides is 1. The maximum Gasteiger partial charge on any atom is 0.290 e. The fourth-order valence-corrected chi connectivity index (χ4v) is 3.39. The Labute approximate surface area is 171 Å². The topological polar surface area (TPSA) is 88.4 Å². The van der Waals surface area contributed by atoms with Gasteiger partial charge in [-0.2, -0.15) is 0 Å². The summed E-state index contributed by atoms with van der Waals surface area (Å²) < 4.78 is 24.5. The van der Waals surface area contributed by atoms with Gasteiger partial charge in [-0.3, -0.25) is 9.59 Å². The fraction of sp³-hybridized carbons (Fsp3) is 0.227. The molecule has 2 heterocycles. The van der Waals surface area contributed by atoms with Gasteiger partial charge >= 0.3 is 0 Å². The standard InChI is InChI=1S/C22H20FN3O4/c1-13-16-11-14(23)7-8-18(16)30-20(13)22(28)26(9-10-29-2)12-19-24-17-6-4-3-5-15(17)21(27)25-19/h3-8,11H,9-10,12H2,1-2H3,(H,24,25,27). The molecular formula is C22H20FN3O4. The van der Waals surface area contributed by atoms with Crippen LogP contribution in [-0.4, -0.2) is 41.0 Å². The third kappa shape index (κ3) is 3.69. The highest BCUT2D eigenvalue weighted by Gasteiger charge is 2.24. The molecule has 1 N–H and O–H groups in total. The lowest BCUT2D eigenvalue weighted by Gasteiger charge is -2.21. The molecule has 2 aromatic heterocycles. The summed E-state index contributed by atoms with van der Waals surface area (Å²) in [5, 5.41) is 1.02. The number of H-pyrrole nitrogens is 1. The summed E-state index contributed by atoms with van der Waals surface area (Å²) in [4.78, 5) is 34.3. The predicted molar refractivity (Wildman–Crippen MR) is 110 cm³/mol. The Morgan fingerprint density at radius 1 is 1.23 bits per heavy atom. The van der Waals surface area contributed by atoms with E-state index in [0.717, 1.165) is 0 Å². The highest BCUT2D eigenvalue weighted by Crippen LogP contribution is 2.27. The highest BCUT2D eigenvalue weighted by molar-refractivity contribution is 5.99. The van der Waals surface area contributed by atoms with E-state index in [4.69, 9.17) is 9.15 Å². The number of fused-ring (bicyclic) bond motifs is 2. The molecule has 0 saturated carbocycles. The monoisotopic (exact) mass is 409 g/mol. The molecule has 0 aliphatic carbocycles. The molecule has 0 unspecified atom stereocenters. The summed E-state index contributed by atoms with van der Waals surface area (Å²) in [5.74, 6) is -0.325. The van der Waals surface area contributed by atoms with Crippen LogP contribution >= 0.6 is 0 Å². The molecule has 4 rings (SSSR count). The zero-order valence-corrected chi connectivity index (χ0v) is 16.6. The quantitative estimate of drug-likeness (QED) is 0.527. The minimum atomic E-state index is -0.403. The van der Waals surface area contributed by atoms with E-state index >= 15 is 0 Å². The molecule has 4 aromatic rings. The smallest absolute Gasteiger partial charge is 0.290 e. The van der Waals surface area contributed by atoms with Crippen LogP contribution in [0.15, 0.2) is 51.7 Å². The van der Waals surface area contributed by atoms with Crippen molar-refractivity contribution in [2.45, 2.75) is 13.5 Å². The van der Waals surface area contributed by atoms with Crippen molar-refractivity contribution in [3.05, 3.63) is 75.8 Å². The van der Waals surface area contributed by atoms with E-state index in [1.807, 2.05) is 0 Å². The van der Waals surface area contributed by atoms with Crippen molar-refractivity contribution < 1.29 is 18.3 Å². The van der Waals surface area contributed by atoms with Crippen LogP contribution < -0.4 is 5.56 Å². The lowest BCUT2D eigenvalue weighted by atomic mass is 10.1. The van der Waals surface area contributed by atoms with Gasteiger partial charge in [-0.1, -0.05) is 12.1 Å². The number of aromatic nitrogens is 2. The van der Waals surface area contributed by atoms with E-state index in [-0.39, 0.29) is 31.0 Å². The van der Waals surface area contributed by atoms with E-state index in [1.165, 1.54) is 30.2 Å². The number of rotatable bonds is 6. The second kappa shape index (κ2) is 8.08. The van der Waals surface area contributed by atoms with Gasteiger partial charge in [0.05, 0.1) is 24.1 Å². The third-order valence-corrected chi connectivity index (χ3v) is 4.95. The Bertz CT molecular complexity index is 1290. The lowest BCUT2D eigenvalue weighted by Crippen LogP contribution is -2.34. The molecule has 2 aromatic carbocycles. The molecule has 8 heteroatoms. The minimum absolute atomic E-state index is 0.0626. The Morgan fingerprint density at radius 2 is 2.03 bits per heavy atom. The SMILES string of the molecule is COCCN(Cc1nc2ccccc2c(=O)[nH]1)C(=O)c1oc2ccc(F)cc2c1C. The van der Waals surface area contributed by atoms with E-state index in [0.29, 0.717) is 33.3 Å². The van der Waals surface area contributed by atoms with Crippen LogP contribution in [0.5, 0.6) is 0 Å². The molecule has 0 spiro atoms. The zero-order chi connectivity index (χ0) is 21.3. The van der Waals surface area contributed by atoms with Gasteiger partial charge in [0.15, 0.2) is 5.76 Å². The van der Waals surface area contributed by atoms with Crippen molar-refractivity contribution in [1.29, 1.82) is 0 Å². The van der Waals surface area contributed by atoms with E-state index < -0.39 is 11.7 Å². The number of benzene rings is 2. The summed E-state index contributed by atoms with van der Waals surface area (Å²) in [6, 6.07) is 11.1. The molecule has 1 amide bonds. The number of nitrogens with zero attached hydrogens (tertiary/aromatic N) is 2. The van der Waals surface area contributed by atoms with Crippen molar-refractivity contribution in [3.63, 3.8) is 0 Å². The van der Waals surface area contributed by atoms with Crippen LogP contribution in [0.25, 0.3) is 21.9 Å². The summed E-state index contributed by atoms with van der Waals surface area (Å²) in [6.45, 7) is 2.32. The van der Waals surface area contributed by atoms with Crippen LogP contribution in [0.4, 0.5) is 4.39 Å². The number of carbonyl (C=O) groups is 1. The predicted octanol–water partition coefficient (Wildman–Crippen LogP) is 3.41. The molecule has 0 saturated heterocycles. The number of aryl methyl sites for hydroxylation is 1. The average molecular weight is 409 g/mol. The number of furan rings is 1. The van der Waals surface area contributed by atoms with E-state index in [9.17, 15) is 14.0 Å². The number of hydrogen-bond donors (Lipinski definition) is 1. The van der Waals surface area contributed by atoms with Crippen LogP contribution in [0.2, 0.25) is 0 Å². The first-order valence-corrected chi connectivity index (χ1v) is 9.42. The molecule has 0 radical (unpaired) electrons. The average Bonchev–Trinajstić information content (AvgIpc) is 3.06. The summed E-state index contributed by atoms with van der Waals surface area (Å²) >= 11 is 0. The van der Waals surface area contributed by atoms with Crippen molar-refractivity contribution >= 4 is 27.8 Å². The first-order chi connectivity index (χ1) is 14.5. The Balaban J connectivity index is 1.70. The first kappa shape index (κ1) is 19.8. The summed E-state index contributed by atoms with van der Waals surface area (Å²) in [5.41, 5.74) is 1.26. The molecule has 0 atom stereocenters. The number of halogens is 1. The Hall–Kier alpha value is -3.52. The normalized spacial score (nSPS) is 11.3. The number of para-hydroxylation sites is 1. The van der Waals surface area contributed by atoms with Crippen LogP contribution in [0.3, 0.4) is 0 Å². The van der Waals surface area contributed by atoms with Crippen LogP contribution in [-0.2, 0) is 11.3 Å². The lowest BCUT2D eigenvalue weighted by molar-refractivity contribution is 0.0645. The van der Waals surface area contributed by atoms with Crippen LogP contribution in [0.1, 0.15) is 21.9 Å². The van der Waals surface area contributed by atoms with Gasteiger partial charge in [-0.25, -0.2) is 9.37 Å². The second-order valence-corrected chi connectivity index (χ2v) is 6.95. The summed E-state index contributed by atoms with van der Waals surface area (Å²) in [7, 11) is 1.54.